The molecule has 0 aromatic heterocycles. The van der Waals surface area contributed by atoms with Crippen LogP contribution in [0.4, 0.5) is 57.1 Å². The van der Waals surface area contributed by atoms with E-state index >= 15 is 0 Å². The minimum absolute atomic E-state index is 0.0525. The lowest BCUT2D eigenvalue weighted by Gasteiger charge is -2.39. The van der Waals surface area contributed by atoms with Crippen LogP contribution in [0.1, 0.15) is 33.6 Å². The van der Waals surface area contributed by atoms with E-state index in [4.69, 9.17) is 13.3 Å². The van der Waals surface area contributed by atoms with Crippen molar-refractivity contribution in [3.63, 3.8) is 0 Å². The second-order valence-corrected chi connectivity index (χ2v) is 9.36. The van der Waals surface area contributed by atoms with E-state index in [1.807, 2.05) is 0 Å². The fourth-order valence-electron chi connectivity index (χ4n) is 2.57. The second kappa shape index (κ2) is 10.9. The lowest BCUT2D eigenvalue weighted by atomic mass is 9.91. The highest BCUT2D eigenvalue weighted by molar-refractivity contribution is 6.60. The molecule has 0 N–H and O–H groups in total. The summed E-state index contributed by atoms with van der Waals surface area (Å²) < 4.78 is 186. The van der Waals surface area contributed by atoms with E-state index < -0.39 is 69.3 Å². The highest BCUT2D eigenvalue weighted by Crippen LogP contribution is 2.60. The second-order valence-electron chi connectivity index (χ2n) is 6.63. The smallest absolute Gasteiger partial charge is 0.374 e. The van der Waals surface area contributed by atoms with Gasteiger partial charge in [-0.05, 0) is 27.2 Å². The van der Waals surface area contributed by atoms with E-state index in [9.17, 15) is 61.9 Å². The summed E-state index contributed by atoms with van der Waals surface area (Å²) in [4.78, 5) is 11.6. The number of carbonyl (C=O) groups excluding carboxylic acids is 1. The number of hydrogen-bond acceptors (Lipinski definition) is 4. The topological polar surface area (TPSA) is 44.8 Å². The van der Waals surface area contributed by atoms with Crippen LogP contribution in [0, 0.1) is 0 Å². The molecule has 0 saturated carbocycles. The Bertz CT molecular complexity index is 665. The highest BCUT2D eigenvalue weighted by Gasteiger charge is 2.91. The number of alkyl halides is 13. The van der Waals surface area contributed by atoms with Crippen LogP contribution in [-0.4, -0.2) is 70.2 Å². The van der Waals surface area contributed by atoms with Crippen molar-refractivity contribution in [2.75, 3.05) is 19.8 Å². The lowest BCUT2D eigenvalue weighted by Crippen LogP contribution is -2.71. The van der Waals surface area contributed by atoms with Gasteiger partial charge in [-0.1, -0.05) is 0 Å². The van der Waals surface area contributed by atoms with Gasteiger partial charge >= 0.3 is 44.6 Å². The summed E-state index contributed by atoms with van der Waals surface area (Å²) >= 11 is 0. The predicted molar refractivity (Wildman–Crippen MR) is 90.5 cm³/mol. The Balaban J connectivity index is 5.89. The molecule has 0 aromatic rings. The Morgan fingerprint density at radius 1 is 0.618 bits per heavy atom. The maximum atomic E-state index is 13.8. The third-order valence-electron chi connectivity index (χ3n) is 4.26. The van der Waals surface area contributed by atoms with Crippen LogP contribution in [0.5, 0.6) is 0 Å². The zero-order valence-electron chi connectivity index (χ0n) is 17.8. The number of carbonyl (C=O) groups is 1. The lowest BCUT2D eigenvalue weighted by molar-refractivity contribution is -0.436. The minimum atomic E-state index is -8.05. The normalized spacial score (nSPS) is 15.1. The number of halogens is 13. The molecule has 0 radical (unpaired) electrons. The Morgan fingerprint density at radius 2 is 0.971 bits per heavy atom. The first kappa shape index (κ1) is 32.9. The highest BCUT2D eigenvalue weighted by atomic mass is 28.4. The van der Waals surface area contributed by atoms with Crippen molar-refractivity contribution in [2.24, 2.45) is 0 Å². The average Bonchev–Trinajstić information content (AvgIpc) is 2.66. The first-order chi connectivity index (χ1) is 15.1. The van der Waals surface area contributed by atoms with E-state index in [1.54, 1.807) is 0 Å². The van der Waals surface area contributed by atoms with Crippen LogP contribution < -0.4 is 0 Å². The van der Waals surface area contributed by atoms with E-state index in [0.717, 1.165) is 0 Å². The van der Waals surface area contributed by atoms with Crippen LogP contribution in [0.15, 0.2) is 0 Å². The summed E-state index contributed by atoms with van der Waals surface area (Å²) in [6.07, 6.45) is -10.1. The van der Waals surface area contributed by atoms with Crippen LogP contribution in [0.25, 0.3) is 0 Å². The molecule has 0 rings (SSSR count). The van der Waals surface area contributed by atoms with Crippen molar-refractivity contribution in [2.45, 2.75) is 75.4 Å². The molecule has 0 fully saturated rings. The monoisotopic (exact) mass is 552 g/mol. The predicted octanol–water partition coefficient (Wildman–Crippen LogP) is 6.12. The number of Topliss-reactive ketones (excluding diaryl/α,β-unsaturated/α-hetero) is 1. The van der Waals surface area contributed by atoms with Gasteiger partial charge in [-0.3, -0.25) is 4.79 Å². The van der Waals surface area contributed by atoms with Gasteiger partial charge in [0.15, 0.2) is 0 Å². The van der Waals surface area contributed by atoms with Gasteiger partial charge < -0.3 is 13.3 Å². The van der Waals surface area contributed by atoms with Crippen LogP contribution >= 0.6 is 0 Å². The van der Waals surface area contributed by atoms with Crippen molar-refractivity contribution in [1.29, 1.82) is 0 Å². The van der Waals surface area contributed by atoms with Gasteiger partial charge in [0, 0.05) is 32.3 Å². The number of rotatable bonds is 15. The molecule has 0 aliphatic heterocycles. The fraction of sp³-hybridized carbons (Fsp3) is 0.938. The number of ketones is 1. The van der Waals surface area contributed by atoms with Crippen molar-refractivity contribution in [3.05, 3.63) is 0 Å². The Kier molecular flexibility index (Phi) is 10.5. The van der Waals surface area contributed by atoms with E-state index in [0.29, 0.717) is 0 Å². The van der Waals surface area contributed by atoms with Crippen molar-refractivity contribution >= 4 is 14.6 Å². The van der Waals surface area contributed by atoms with Gasteiger partial charge in [0.1, 0.15) is 0 Å². The molecule has 0 saturated heterocycles. The molecule has 0 bridgehead atoms. The zero-order chi connectivity index (χ0) is 27.4. The summed E-state index contributed by atoms with van der Waals surface area (Å²) in [5, 5.41) is 0. The molecule has 0 aromatic carbocycles. The fourth-order valence-corrected chi connectivity index (χ4v) is 5.18. The summed E-state index contributed by atoms with van der Waals surface area (Å²) in [5.41, 5.74) is 0. The molecule has 34 heavy (non-hydrogen) atoms. The van der Waals surface area contributed by atoms with Crippen molar-refractivity contribution < 1.29 is 75.1 Å². The summed E-state index contributed by atoms with van der Waals surface area (Å²) in [6, 6.07) is -0.505. The van der Waals surface area contributed by atoms with Crippen LogP contribution in [0.3, 0.4) is 0 Å². The Morgan fingerprint density at radius 3 is 1.29 bits per heavy atom. The SMILES string of the molecule is CCO[Si](CCCC(=O)C(F)(F)C(F)(F)C(F)(F)C(F)(F)C(F)(F)C(F)(F)F)(OCC)OCC. The van der Waals surface area contributed by atoms with Gasteiger partial charge in [0.05, 0.1) is 0 Å². The molecular formula is C16H21F13O4Si. The molecule has 0 atom stereocenters. The van der Waals surface area contributed by atoms with Crippen LogP contribution in [0.2, 0.25) is 6.04 Å². The maximum absolute atomic E-state index is 13.8. The summed E-state index contributed by atoms with van der Waals surface area (Å²) in [5.74, 6) is -41.4. The molecule has 0 aliphatic carbocycles. The van der Waals surface area contributed by atoms with Gasteiger partial charge in [-0.25, -0.2) is 0 Å². The molecule has 204 valence electrons. The third kappa shape index (κ3) is 5.80. The molecule has 4 nitrogen and oxygen atoms in total. The molecule has 0 unspecified atom stereocenters. The molecule has 0 heterocycles. The quantitative estimate of drug-likeness (QED) is 0.181. The third-order valence-corrected chi connectivity index (χ3v) is 7.41. The van der Waals surface area contributed by atoms with Crippen molar-refractivity contribution in [3.8, 4) is 0 Å². The van der Waals surface area contributed by atoms with E-state index in [1.165, 1.54) is 20.8 Å². The van der Waals surface area contributed by atoms with Crippen LogP contribution in [-0.2, 0) is 18.1 Å². The van der Waals surface area contributed by atoms with E-state index in [-0.39, 0.29) is 19.8 Å². The summed E-state index contributed by atoms with van der Waals surface area (Å²) in [7, 11) is -3.66. The first-order valence-electron chi connectivity index (χ1n) is 9.47. The molecule has 0 aliphatic rings. The minimum Gasteiger partial charge on any atom is -0.374 e. The zero-order valence-corrected chi connectivity index (χ0v) is 18.8. The number of hydrogen-bond donors (Lipinski definition) is 0. The Labute approximate surface area is 186 Å². The molecule has 18 heteroatoms. The standard InChI is InChI=1S/C16H21F13O4Si/c1-4-31-34(32-5-2,33-6-3)9-7-8-10(30)11(17,18)12(19,20)13(21,22)14(23,24)15(25,26)16(27,28)29/h4-9H2,1-3H3. The van der Waals surface area contributed by atoms with Gasteiger partial charge in [0.25, 0.3) is 0 Å². The van der Waals surface area contributed by atoms with Gasteiger partial charge in [0.2, 0.25) is 5.78 Å². The summed E-state index contributed by atoms with van der Waals surface area (Å²) in [6.45, 7) is 4.21. The Hall–Kier alpha value is -1.14. The molecule has 0 spiro atoms. The van der Waals surface area contributed by atoms with Gasteiger partial charge in [-0.2, -0.15) is 57.1 Å². The largest absolute Gasteiger partial charge is 0.500 e. The first-order valence-corrected chi connectivity index (χ1v) is 11.4. The van der Waals surface area contributed by atoms with E-state index in [2.05, 4.69) is 0 Å². The average molecular weight is 552 g/mol. The molecule has 0 amide bonds. The molecular weight excluding hydrogens is 531 g/mol. The maximum Gasteiger partial charge on any atom is 0.500 e. The van der Waals surface area contributed by atoms with Gasteiger partial charge in [-0.15, -0.1) is 0 Å². The van der Waals surface area contributed by atoms with Crippen molar-refractivity contribution in [1.82, 2.24) is 0 Å².